The molecule has 0 radical (unpaired) electrons. The molecule has 0 bridgehead atoms. The summed E-state index contributed by atoms with van der Waals surface area (Å²) in [6, 6.07) is 6.94. The monoisotopic (exact) mass is 518 g/mol. The van der Waals surface area contributed by atoms with Crippen molar-refractivity contribution in [2.45, 2.75) is 84.2 Å². The number of hydrogen-bond acceptors (Lipinski definition) is 4. The zero-order valence-corrected chi connectivity index (χ0v) is 23.3. The van der Waals surface area contributed by atoms with E-state index in [-0.39, 0.29) is 0 Å². The minimum atomic E-state index is 0.293. The molecule has 1 atom stereocenters. The standard InChI is InChI=1S/C27H47ClN8/c1-4-35(5-2)25-16-15-22(18-24(25)28)33-26(29)34-27(30-19-23-14-11-17-36(23)6-3)32-20-31-21-12-9-7-8-10-13-21/h15-16,18,21,23,31H,4-14,17,19-20H2,1-3H3,(H4,29,30,32,33,34). The summed E-state index contributed by atoms with van der Waals surface area (Å²) in [5, 5.41) is 11.0. The van der Waals surface area contributed by atoms with Crippen LogP contribution in [0.25, 0.3) is 0 Å². The average Bonchev–Trinajstić information content (AvgIpc) is 3.17. The molecular weight excluding hydrogens is 472 g/mol. The predicted octanol–water partition coefficient (Wildman–Crippen LogP) is 4.61. The lowest BCUT2D eigenvalue weighted by molar-refractivity contribution is 0.267. The lowest BCUT2D eigenvalue weighted by Crippen LogP contribution is -2.41. The normalized spacial score (nSPS) is 20.4. The molecular formula is C27H47ClN8. The van der Waals surface area contributed by atoms with Crippen molar-refractivity contribution >= 4 is 34.9 Å². The second-order valence-electron chi connectivity index (χ2n) is 9.80. The first kappa shape index (κ1) is 28.5. The maximum absolute atomic E-state index is 6.56. The predicted molar refractivity (Wildman–Crippen MR) is 155 cm³/mol. The molecule has 1 aromatic rings. The number of benzene rings is 1. The molecule has 202 valence electrons. The zero-order chi connectivity index (χ0) is 25.8. The van der Waals surface area contributed by atoms with Gasteiger partial charge in [0.25, 0.3) is 0 Å². The highest BCUT2D eigenvalue weighted by molar-refractivity contribution is 6.33. The molecule has 1 unspecified atom stereocenters. The van der Waals surface area contributed by atoms with Crippen LogP contribution in [0.5, 0.6) is 0 Å². The van der Waals surface area contributed by atoms with Gasteiger partial charge in [-0.25, -0.2) is 4.99 Å². The van der Waals surface area contributed by atoms with Crippen LogP contribution >= 0.6 is 11.6 Å². The summed E-state index contributed by atoms with van der Waals surface area (Å²) in [4.78, 5) is 14.1. The van der Waals surface area contributed by atoms with Crippen LogP contribution in [0.2, 0.25) is 5.02 Å². The number of anilines is 2. The first-order valence-corrected chi connectivity index (χ1v) is 14.3. The molecule has 36 heavy (non-hydrogen) atoms. The molecule has 1 heterocycles. The summed E-state index contributed by atoms with van der Waals surface area (Å²) in [5.41, 5.74) is 8.14. The fraction of sp³-hybridized carbons (Fsp3) is 0.704. The molecule has 3 rings (SSSR count). The van der Waals surface area contributed by atoms with Crippen molar-refractivity contribution in [3.05, 3.63) is 23.2 Å². The number of likely N-dealkylation sites (tertiary alicyclic amines) is 1. The van der Waals surface area contributed by atoms with Crippen LogP contribution in [0.1, 0.15) is 72.1 Å². The van der Waals surface area contributed by atoms with Crippen molar-refractivity contribution in [2.75, 3.05) is 49.6 Å². The number of guanidine groups is 2. The number of halogens is 1. The summed E-state index contributed by atoms with van der Waals surface area (Å²) in [5.74, 6) is 0.857. The van der Waals surface area contributed by atoms with Gasteiger partial charge in [-0.2, -0.15) is 4.99 Å². The smallest absolute Gasteiger partial charge is 0.222 e. The Morgan fingerprint density at radius 1 is 1.08 bits per heavy atom. The molecule has 2 fully saturated rings. The number of hydrogen-bond donors (Lipinski definition) is 4. The maximum atomic E-state index is 6.56. The van der Waals surface area contributed by atoms with Gasteiger partial charge in [0.15, 0.2) is 0 Å². The first-order valence-electron chi connectivity index (χ1n) is 13.9. The maximum Gasteiger partial charge on any atom is 0.222 e. The summed E-state index contributed by atoms with van der Waals surface area (Å²) < 4.78 is 0. The molecule has 1 aliphatic carbocycles. The quantitative estimate of drug-likeness (QED) is 0.205. The lowest BCUT2D eigenvalue weighted by Gasteiger charge is -2.23. The number of likely N-dealkylation sites (N-methyl/N-ethyl adjacent to an activating group) is 1. The Morgan fingerprint density at radius 3 is 2.50 bits per heavy atom. The van der Waals surface area contributed by atoms with Gasteiger partial charge in [-0.15, -0.1) is 0 Å². The molecule has 1 aliphatic heterocycles. The van der Waals surface area contributed by atoms with Crippen molar-refractivity contribution in [3.8, 4) is 0 Å². The molecule has 5 N–H and O–H groups in total. The molecule has 2 aliphatic rings. The largest absolute Gasteiger partial charge is 0.371 e. The molecule has 0 spiro atoms. The highest BCUT2D eigenvalue weighted by Crippen LogP contribution is 2.28. The highest BCUT2D eigenvalue weighted by Gasteiger charge is 2.23. The third-order valence-electron chi connectivity index (χ3n) is 7.42. The second-order valence-corrected chi connectivity index (χ2v) is 10.2. The van der Waals surface area contributed by atoms with Crippen molar-refractivity contribution in [2.24, 2.45) is 15.7 Å². The van der Waals surface area contributed by atoms with Gasteiger partial charge in [0.05, 0.1) is 17.4 Å². The van der Waals surface area contributed by atoms with Crippen molar-refractivity contribution in [1.82, 2.24) is 15.5 Å². The Morgan fingerprint density at radius 2 is 1.83 bits per heavy atom. The van der Waals surface area contributed by atoms with Crippen LogP contribution in [0.4, 0.5) is 11.4 Å². The first-order chi connectivity index (χ1) is 17.5. The molecule has 0 amide bonds. The molecule has 9 heteroatoms. The van der Waals surface area contributed by atoms with Gasteiger partial charge < -0.3 is 21.3 Å². The summed E-state index contributed by atoms with van der Waals surface area (Å²) >= 11 is 6.56. The van der Waals surface area contributed by atoms with Gasteiger partial charge in [-0.3, -0.25) is 10.2 Å². The topological polar surface area (TPSA) is 93.3 Å². The lowest BCUT2D eigenvalue weighted by atomic mass is 10.1. The Kier molecular flexibility index (Phi) is 12.1. The van der Waals surface area contributed by atoms with Crippen LogP contribution in [0.15, 0.2) is 28.2 Å². The fourth-order valence-electron chi connectivity index (χ4n) is 5.31. The summed E-state index contributed by atoms with van der Waals surface area (Å²) in [6.07, 6.45) is 10.2. The minimum absolute atomic E-state index is 0.293. The van der Waals surface area contributed by atoms with Crippen molar-refractivity contribution in [1.29, 1.82) is 0 Å². The molecule has 1 saturated carbocycles. The summed E-state index contributed by atoms with van der Waals surface area (Å²) in [7, 11) is 0. The second kappa shape index (κ2) is 15.3. The van der Waals surface area contributed by atoms with Crippen LogP contribution in [-0.4, -0.2) is 68.3 Å². The van der Waals surface area contributed by atoms with Crippen LogP contribution in [0, 0.1) is 0 Å². The van der Waals surface area contributed by atoms with E-state index in [9.17, 15) is 0 Å². The number of aliphatic imine (C=N–C) groups is 2. The van der Waals surface area contributed by atoms with Gasteiger partial charge in [-0.05, 0) is 70.8 Å². The van der Waals surface area contributed by atoms with E-state index in [0.29, 0.717) is 35.7 Å². The van der Waals surface area contributed by atoms with Gasteiger partial charge in [-0.1, -0.05) is 44.2 Å². The van der Waals surface area contributed by atoms with E-state index in [1.807, 2.05) is 18.2 Å². The molecule has 1 saturated heterocycles. The van der Waals surface area contributed by atoms with E-state index >= 15 is 0 Å². The highest BCUT2D eigenvalue weighted by atomic mass is 35.5. The van der Waals surface area contributed by atoms with E-state index in [2.05, 4.69) is 51.5 Å². The Labute approximate surface area is 223 Å². The third-order valence-corrected chi connectivity index (χ3v) is 7.72. The SMILES string of the molecule is CCN(CC)c1ccc(N/C(N)=N/C(=N\CNC2CCCCCC2)NCC2CCCN2CC)cc1Cl. The fourth-order valence-corrected chi connectivity index (χ4v) is 5.61. The van der Waals surface area contributed by atoms with E-state index < -0.39 is 0 Å². The Bertz CT molecular complexity index is 846. The summed E-state index contributed by atoms with van der Waals surface area (Å²) in [6.45, 7) is 11.9. The van der Waals surface area contributed by atoms with E-state index in [1.54, 1.807) is 0 Å². The minimum Gasteiger partial charge on any atom is -0.371 e. The van der Waals surface area contributed by atoms with E-state index in [1.165, 1.54) is 51.4 Å². The number of rotatable bonds is 10. The van der Waals surface area contributed by atoms with Crippen molar-refractivity contribution < 1.29 is 0 Å². The van der Waals surface area contributed by atoms with Gasteiger partial charge in [0, 0.05) is 37.4 Å². The van der Waals surface area contributed by atoms with Gasteiger partial charge in [0.1, 0.15) is 0 Å². The third kappa shape index (κ3) is 8.82. The average molecular weight is 519 g/mol. The van der Waals surface area contributed by atoms with E-state index in [4.69, 9.17) is 22.3 Å². The van der Waals surface area contributed by atoms with Crippen LogP contribution in [0.3, 0.4) is 0 Å². The van der Waals surface area contributed by atoms with Crippen molar-refractivity contribution in [3.63, 3.8) is 0 Å². The Hall–Kier alpha value is -2.03. The molecule has 8 nitrogen and oxygen atoms in total. The molecule has 1 aromatic carbocycles. The zero-order valence-electron chi connectivity index (χ0n) is 22.5. The number of nitrogens with zero attached hydrogens (tertiary/aromatic N) is 4. The van der Waals surface area contributed by atoms with Gasteiger partial charge >= 0.3 is 0 Å². The number of nitrogens with two attached hydrogens (primary N) is 1. The van der Waals surface area contributed by atoms with Crippen LogP contribution in [-0.2, 0) is 0 Å². The number of nitrogens with one attached hydrogen (secondary N) is 3. The molecule has 0 aromatic heterocycles. The van der Waals surface area contributed by atoms with Gasteiger partial charge in [0.2, 0.25) is 11.9 Å². The van der Waals surface area contributed by atoms with Crippen LogP contribution < -0.4 is 26.6 Å². The van der Waals surface area contributed by atoms with E-state index in [0.717, 1.165) is 44.1 Å². The Balaban J connectivity index is 1.66.